The number of hydrogen-bond acceptors (Lipinski definition) is 4. The van der Waals surface area contributed by atoms with E-state index in [0.717, 1.165) is 28.8 Å². The molecule has 0 spiro atoms. The Morgan fingerprint density at radius 3 is 2.71 bits per heavy atom. The lowest BCUT2D eigenvalue weighted by Crippen LogP contribution is -2.41. The van der Waals surface area contributed by atoms with Gasteiger partial charge in [0.15, 0.2) is 17.3 Å². The van der Waals surface area contributed by atoms with Crippen LogP contribution < -0.4 is 0 Å². The Morgan fingerprint density at radius 1 is 1.32 bits per heavy atom. The zero-order valence-electron chi connectivity index (χ0n) is 19.0. The molecule has 1 saturated carbocycles. The smallest absolute Gasteiger partial charge is 0.309 e. The number of carbonyl (C=O) groups is 1. The summed E-state index contributed by atoms with van der Waals surface area (Å²) in [6, 6.07) is 7.82. The number of halogens is 2. The van der Waals surface area contributed by atoms with Gasteiger partial charge in [0, 0.05) is 40.2 Å². The number of benzene rings is 1. The molecule has 0 bridgehead atoms. The lowest BCUT2D eigenvalue weighted by molar-refractivity contribution is -0.154. The van der Waals surface area contributed by atoms with Crippen LogP contribution in [0, 0.1) is 28.4 Å². The van der Waals surface area contributed by atoms with Crippen LogP contribution in [-0.4, -0.2) is 30.8 Å². The van der Waals surface area contributed by atoms with Gasteiger partial charge >= 0.3 is 5.97 Å². The minimum absolute atomic E-state index is 0.115. The van der Waals surface area contributed by atoms with Crippen LogP contribution in [-0.2, 0) is 10.2 Å². The second-order valence-electron chi connectivity index (χ2n) is 10.0. The highest BCUT2D eigenvalue weighted by Gasteiger charge is 2.50. The first-order chi connectivity index (χ1) is 16.1. The number of carboxylic acids is 1. The molecule has 0 aliphatic heterocycles. The summed E-state index contributed by atoms with van der Waals surface area (Å²) in [5.74, 6) is -2.90. The second-order valence-corrected chi connectivity index (χ2v) is 10.0. The predicted molar refractivity (Wildman–Crippen MR) is 122 cm³/mol. The van der Waals surface area contributed by atoms with E-state index in [-0.39, 0.29) is 12.3 Å². The van der Waals surface area contributed by atoms with Gasteiger partial charge in [-0.3, -0.25) is 9.89 Å². The van der Waals surface area contributed by atoms with Crippen molar-refractivity contribution in [3.05, 3.63) is 53.4 Å². The first-order valence-corrected chi connectivity index (χ1v) is 11.0. The first kappa shape index (κ1) is 22.0. The van der Waals surface area contributed by atoms with Gasteiger partial charge in [0.2, 0.25) is 0 Å². The number of aromatic amines is 1. The third-order valence-electron chi connectivity index (χ3n) is 7.02. The summed E-state index contributed by atoms with van der Waals surface area (Å²) in [4.78, 5) is 16.6. The molecular formula is C25H23F2N5O2. The van der Waals surface area contributed by atoms with E-state index in [4.69, 9.17) is 4.98 Å². The van der Waals surface area contributed by atoms with Crippen LogP contribution in [0.4, 0.5) is 8.78 Å². The number of aliphatic carboxylic acids is 1. The molecule has 1 aliphatic carbocycles. The molecule has 5 rings (SSSR count). The van der Waals surface area contributed by atoms with Gasteiger partial charge in [0.25, 0.3) is 0 Å². The van der Waals surface area contributed by atoms with E-state index >= 15 is 0 Å². The number of nitrogens with zero attached hydrogens (tertiary/aromatic N) is 4. The molecule has 0 unspecified atom stereocenters. The fraction of sp³-hybridized carbons (Fsp3) is 0.360. The van der Waals surface area contributed by atoms with E-state index in [1.807, 2.05) is 24.5 Å². The van der Waals surface area contributed by atoms with Gasteiger partial charge in [-0.2, -0.15) is 10.4 Å². The molecule has 2 N–H and O–H groups in total. The van der Waals surface area contributed by atoms with E-state index in [0.29, 0.717) is 35.2 Å². The number of nitriles is 1. The standard InChI is InChI=1S/C25H23F2N5O2/c1-24(2,6-7-28)21-19(14-10-25(3,11-14)23(33)34)20-18(8-13-12-29-31-22(13)30-20)32(21)15-4-5-16(26)17(27)9-15/h4-5,8-9,12,14H,6,10-11H2,1-3H3,(H,33,34)(H,29,30,31)/t14-,25-. The largest absolute Gasteiger partial charge is 0.481 e. The molecule has 34 heavy (non-hydrogen) atoms. The topological polar surface area (TPSA) is 108 Å². The van der Waals surface area contributed by atoms with Gasteiger partial charge in [-0.05, 0) is 43.9 Å². The highest BCUT2D eigenvalue weighted by molar-refractivity contribution is 5.94. The van der Waals surface area contributed by atoms with Crippen LogP contribution in [0.1, 0.15) is 57.2 Å². The SMILES string of the molecule is CC(C)(CC#N)c1c([C@H]2C[C@](C)(C(=O)O)C2)c2nc3[nH]ncc3cc2n1-c1ccc(F)c(F)c1. The van der Waals surface area contributed by atoms with Crippen LogP contribution >= 0.6 is 0 Å². The highest BCUT2D eigenvalue weighted by atomic mass is 19.2. The molecule has 0 atom stereocenters. The van der Waals surface area contributed by atoms with Gasteiger partial charge in [-0.1, -0.05) is 13.8 Å². The van der Waals surface area contributed by atoms with Gasteiger partial charge < -0.3 is 9.67 Å². The van der Waals surface area contributed by atoms with Crippen LogP contribution in [0.5, 0.6) is 0 Å². The molecular weight excluding hydrogens is 440 g/mol. The van der Waals surface area contributed by atoms with Gasteiger partial charge in [-0.25, -0.2) is 13.8 Å². The molecule has 1 aliphatic rings. The minimum Gasteiger partial charge on any atom is -0.481 e. The summed E-state index contributed by atoms with van der Waals surface area (Å²) < 4.78 is 30.0. The van der Waals surface area contributed by atoms with Crippen LogP contribution in [0.3, 0.4) is 0 Å². The van der Waals surface area contributed by atoms with Crippen LogP contribution in [0.25, 0.3) is 27.8 Å². The fourth-order valence-electron chi connectivity index (χ4n) is 5.22. The number of nitrogens with one attached hydrogen (secondary N) is 1. The molecule has 7 nitrogen and oxygen atoms in total. The monoisotopic (exact) mass is 463 g/mol. The van der Waals surface area contributed by atoms with Gasteiger partial charge in [-0.15, -0.1) is 0 Å². The van der Waals surface area contributed by atoms with Crippen molar-refractivity contribution in [1.29, 1.82) is 5.26 Å². The minimum atomic E-state index is -0.982. The summed E-state index contributed by atoms with van der Waals surface area (Å²) in [5.41, 5.74) is 2.34. The summed E-state index contributed by atoms with van der Waals surface area (Å²) in [5, 5.41) is 26.9. The molecule has 0 radical (unpaired) electrons. The first-order valence-electron chi connectivity index (χ1n) is 11.0. The molecule has 1 aromatic carbocycles. The highest BCUT2D eigenvalue weighted by Crippen LogP contribution is 2.55. The summed E-state index contributed by atoms with van der Waals surface area (Å²) in [6.45, 7) is 5.57. The quantitative estimate of drug-likeness (QED) is 0.415. The van der Waals surface area contributed by atoms with Gasteiger partial charge in [0.05, 0.1) is 28.7 Å². The third kappa shape index (κ3) is 3.16. The normalized spacial score (nSPS) is 20.4. The third-order valence-corrected chi connectivity index (χ3v) is 7.02. The predicted octanol–water partition coefficient (Wildman–Crippen LogP) is 5.34. The van der Waals surface area contributed by atoms with Crippen LogP contribution in [0.15, 0.2) is 30.5 Å². The van der Waals surface area contributed by atoms with Crippen LogP contribution in [0.2, 0.25) is 0 Å². The fourth-order valence-corrected chi connectivity index (χ4v) is 5.22. The lowest BCUT2D eigenvalue weighted by Gasteiger charge is -2.43. The van der Waals surface area contributed by atoms with E-state index in [9.17, 15) is 23.9 Å². The zero-order valence-corrected chi connectivity index (χ0v) is 19.0. The van der Waals surface area contributed by atoms with Crippen molar-refractivity contribution in [3.8, 4) is 11.8 Å². The average molecular weight is 463 g/mol. The van der Waals surface area contributed by atoms with Crippen molar-refractivity contribution in [2.24, 2.45) is 5.41 Å². The molecule has 9 heteroatoms. The number of H-pyrrole nitrogens is 1. The van der Waals surface area contributed by atoms with Crippen molar-refractivity contribution in [2.45, 2.75) is 51.4 Å². The van der Waals surface area contributed by atoms with Crippen molar-refractivity contribution < 1.29 is 18.7 Å². The second kappa shape index (κ2) is 7.35. The molecule has 3 heterocycles. The van der Waals surface area contributed by atoms with E-state index in [2.05, 4.69) is 16.3 Å². The average Bonchev–Trinajstić information content (AvgIpc) is 3.33. The number of aromatic nitrogens is 4. The zero-order chi connectivity index (χ0) is 24.4. The Bertz CT molecular complexity index is 1510. The van der Waals surface area contributed by atoms with Crippen molar-refractivity contribution in [1.82, 2.24) is 19.7 Å². The maximum atomic E-state index is 14.3. The molecule has 3 aromatic heterocycles. The summed E-state index contributed by atoms with van der Waals surface area (Å²) in [6.07, 6.45) is 2.63. The van der Waals surface area contributed by atoms with Crippen molar-refractivity contribution in [3.63, 3.8) is 0 Å². The molecule has 4 aromatic rings. The summed E-state index contributed by atoms with van der Waals surface area (Å²) >= 11 is 0. The number of hydrogen-bond donors (Lipinski definition) is 2. The van der Waals surface area contributed by atoms with Crippen molar-refractivity contribution >= 4 is 28.0 Å². The number of carboxylic acid groups (broad SMARTS) is 1. The Labute approximate surface area is 194 Å². The number of pyridine rings is 1. The van der Waals surface area contributed by atoms with Crippen molar-refractivity contribution in [2.75, 3.05) is 0 Å². The number of fused-ring (bicyclic) bond motifs is 2. The maximum Gasteiger partial charge on any atom is 0.309 e. The number of rotatable bonds is 5. The lowest BCUT2D eigenvalue weighted by atomic mass is 9.60. The maximum absolute atomic E-state index is 14.3. The Kier molecular flexibility index (Phi) is 4.76. The summed E-state index contributed by atoms with van der Waals surface area (Å²) in [7, 11) is 0. The van der Waals surface area contributed by atoms with E-state index in [1.165, 1.54) is 6.07 Å². The van der Waals surface area contributed by atoms with E-state index < -0.39 is 28.4 Å². The van der Waals surface area contributed by atoms with E-state index in [1.54, 1.807) is 13.1 Å². The molecule has 1 fully saturated rings. The molecule has 0 saturated heterocycles. The van der Waals surface area contributed by atoms with Gasteiger partial charge in [0.1, 0.15) is 0 Å². The molecule has 174 valence electrons. The Morgan fingerprint density at radius 2 is 2.06 bits per heavy atom. The Hall–Kier alpha value is -3.80. The molecule has 0 amide bonds. The Balaban J connectivity index is 1.87.